The quantitative estimate of drug-likeness (QED) is 0.886. The summed E-state index contributed by atoms with van der Waals surface area (Å²) in [5.74, 6) is -0.0323. The van der Waals surface area contributed by atoms with Crippen molar-refractivity contribution in [3.05, 3.63) is 52.0 Å². The largest absolute Gasteiger partial charge is 0.347 e. The number of benzene rings is 1. The summed E-state index contributed by atoms with van der Waals surface area (Å²) in [6, 6.07) is 10.7. The second kappa shape index (κ2) is 7.70. The molecule has 122 valence electrons. The van der Waals surface area contributed by atoms with Crippen LogP contribution in [-0.2, 0) is 13.0 Å². The number of carbonyl (C=O) groups is 1. The van der Waals surface area contributed by atoms with Gasteiger partial charge in [-0.15, -0.1) is 11.3 Å². The minimum atomic E-state index is -0.0323. The summed E-state index contributed by atoms with van der Waals surface area (Å²) in [4.78, 5) is 19.1. The van der Waals surface area contributed by atoms with Gasteiger partial charge >= 0.3 is 0 Å². The fourth-order valence-electron chi connectivity index (χ4n) is 2.94. The maximum atomic E-state index is 12.3. The van der Waals surface area contributed by atoms with Crippen LogP contribution < -0.4 is 5.32 Å². The summed E-state index contributed by atoms with van der Waals surface area (Å²) in [5.41, 5.74) is 1.89. The first-order chi connectivity index (χ1) is 11.2. The first-order valence-corrected chi connectivity index (χ1v) is 9.14. The number of aromatic nitrogens is 1. The zero-order valence-corrected chi connectivity index (χ0v) is 14.3. The van der Waals surface area contributed by atoms with E-state index >= 15 is 0 Å². The van der Waals surface area contributed by atoms with Crippen molar-refractivity contribution in [2.75, 3.05) is 13.1 Å². The van der Waals surface area contributed by atoms with E-state index in [9.17, 15) is 4.79 Å². The van der Waals surface area contributed by atoms with Crippen LogP contribution in [0, 0.1) is 0 Å². The molecule has 1 N–H and O–H groups in total. The number of nitrogens with zero attached hydrogens (tertiary/aromatic N) is 2. The van der Waals surface area contributed by atoms with Crippen LogP contribution in [0.3, 0.4) is 0 Å². The molecule has 4 nitrogen and oxygen atoms in total. The molecular formula is C18H23N3OS. The molecule has 0 unspecified atom stereocenters. The van der Waals surface area contributed by atoms with Gasteiger partial charge < -0.3 is 5.32 Å². The number of likely N-dealkylation sites (tertiary alicyclic amines) is 1. The third kappa shape index (κ3) is 4.39. The third-order valence-corrected chi connectivity index (χ3v) is 5.01. The fourth-order valence-corrected chi connectivity index (χ4v) is 3.82. The molecule has 23 heavy (non-hydrogen) atoms. The number of carbonyl (C=O) groups excluding carboxylic acids is 1. The molecule has 1 atom stereocenters. The molecule has 0 saturated carbocycles. The van der Waals surface area contributed by atoms with Gasteiger partial charge in [0.1, 0.15) is 5.69 Å². The Kier molecular flexibility index (Phi) is 5.41. The number of aryl methyl sites for hydroxylation is 1. The third-order valence-electron chi connectivity index (χ3n) is 4.10. The highest BCUT2D eigenvalue weighted by molar-refractivity contribution is 7.09. The lowest BCUT2D eigenvalue weighted by molar-refractivity contribution is 0.0933. The van der Waals surface area contributed by atoms with Gasteiger partial charge in [0.05, 0.1) is 5.01 Å². The van der Waals surface area contributed by atoms with Crippen molar-refractivity contribution < 1.29 is 4.79 Å². The molecule has 1 aromatic carbocycles. The molecule has 1 aromatic heterocycles. The van der Waals surface area contributed by atoms with Gasteiger partial charge in [-0.05, 0) is 24.8 Å². The topological polar surface area (TPSA) is 45.2 Å². The van der Waals surface area contributed by atoms with Crippen molar-refractivity contribution in [2.45, 2.75) is 38.8 Å². The first-order valence-electron chi connectivity index (χ1n) is 8.26. The molecule has 0 bridgehead atoms. The highest BCUT2D eigenvalue weighted by atomic mass is 32.1. The Morgan fingerprint density at radius 1 is 1.39 bits per heavy atom. The van der Waals surface area contributed by atoms with Crippen LogP contribution in [-0.4, -0.2) is 34.9 Å². The summed E-state index contributed by atoms with van der Waals surface area (Å²) < 4.78 is 0. The maximum absolute atomic E-state index is 12.3. The van der Waals surface area contributed by atoms with Gasteiger partial charge in [0.25, 0.3) is 5.91 Å². The van der Waals surface area contributed by atoms with Gasteiger partial charge in [0.15, 0.2) is 0 Å². The zero-order chi connectivity index (χ0) is 16.1. The van der Waals surface area contributed by atoms with Crippen LogP contribution in [0.1, 0.15) is 40.8 Å². The second-order valence-electron chi connectivity index (χ2n) is 6.06. The van der Waals surface area contributed by atoms with E-state index in [-0.39, 0.29) is 11.9 Å². The Labute approximate surface area is 141 Å². The van der Waals surface area contributed by atoms with Gasteiger partial charge in [0.2, 0.25) is 0 Å². The molecule has 5 heteroatoms. The Bertz CT molecular complexity index is 641. The first kappa shape index (κ1) is 16.1. The maximum Gasteiger partial charge on any atom is 0.271 e. The Morgan fingerprint density at radius 3 is 3.00 bits per heavy atom. The van der Waals surface area contributed by atoms with Crippen LogP contribution in [0.2, 0.25) is 0 Å². The van der Waals surface area contributed by atoms with Crippen LogP contribution in [0.25, 0.3) is 0 Å². The van der Waals surface area contributed by atoms with Crippen LogP contribution >= 0.6 is 11.3 Å². The van der Waals surface area contributed by atoms with E-state index in [1.165, 1.54) is 5.56 Å². The van der Waals surface area contributed by atoms with E-state index in [0.717, 1.165) is 43.9 Å². The van der Waals surface area contributed by atoms with Gasteiger partial charge in [-0.2, -0.15) is 0 Å². The summed E-state index contributed by atoms with van der Waals surface area (Å²) in [5, 5.41) is 6.05. The summed E-state index contributed by atoms with van der Waals surface area (Å²) in [7, 11) is 0. The minimum absolute atomic E-state index is 0.0323. The lowest BCUT2D eigenvalue weighted by atomic mass is 10.2. The van der Waals surface area contributed by atoms with Crippen molar-refractivity contribution in [1.82, 2.24) is 15.2 Å². The minimum Gasteiger partial charge on any atom is -0.347 e. The second-order valence-corrected chi connectivity index (χ2v) is 7.00. The molecular weight excluding hydrogens is 306 g/mol. The molecule has 1 saturated heterocycles. The molecule has 1 fully saturated rings. The van der Waals surface area contributed by atoms with Crippen molar-refractivity contribution >= 4 is 17.2 Å². The van der Waals surface area contributed by atoms with Crippen LogP contribution in [0.4, 0.5) is 0 Å². The average molecular weight is 329 g/mol. The average Bonchev–Trinajstić information content (AvgIpc) is 3.18. The summed E-state index contributed by atoms with van der Waals surface area (Å²) in [6.07, 6.45) is 3.02. The molecule has 1 aliphatic heterocycles. The smallest absolute Gasteiger partial charge is 0.271 e. The number of thiazole rings is 1. The molecule has 3 rings (SSSR count). The van der Waals surface area contributed by atoms with E-state index in [1.54, 1.807) is 11.3 Å². The number of rotatable bonds is 6. The number of hydrogen-bond donors (Lipinski definition) is 1. The fraction of sp³-hybridized carbons (Fsp3) is 0.444. The van der Waals surface area contributed by atoms with Gasteiger partial charge in [-0.25, -0.2) is 4.98 Å². The molecule has 0 aliphatic carbocycles. The molecule has 1 aliphatic rings. The Hall–Kier alpha value is -1.72. The van der Waals surface area contributed by atoms with Gasteiger partial charge in [0, 0.05) is 31.1 Å². The SMILES string of the molecule is CCCc1nc(C(=O)N[C@H]2CCN(Cc3ccccc3)C2)cs1. The van der Waals surface area contributed by atoms with Gasteiger partial charge in [-0.3, -0.25) is 9.69 Å². The van der Waals surface area contributed by atoms with Crippen molar-refractivity contribution in [1.29, 1.82) is 0 Å². The predicted molar refractivity (Wildman–Crippen MR) is 93.7 cm³/mol. The molecule has 2 aromatic rings. The van der Waals surface area contributed by atoms with E-state index < -0.39 is 0 Å². The van der Waals surface area contributed by atoms with E-state index in [4.69, 9.17) is 0 Å². The van der Waals surface area contributed by atoms with Crippen molar-refractivity contribution in [2.24, 2.45) is 0 Å². The lowest BCUT2D eigenvalue weighted by Crippen LogP contribution is -2.37. The molecule has 1 amide bonds. The van der Waals surface area contributed by atoms with E-state index in [1.807, 2.05) is 11.4 Å². The molecule has 0 radical (unpaired) electrons. The Balaban J connectivity index is 1.50. The number of amides is 1. The summed E-state index contributed by atoms with van der Waals surface area (Å²) >= 11 is 1.58. The normalized spacial score (nSPS) is 18.2. The number of hydrogen-bond acceptors (Lipinski definition) is 4. The van der Waals surface area contributed by atoms with E-state index in [2.05, 4.69) is 46.4 Å². The number of nitrogens with one attached hydrogen (secondary N) is 1. The van der Waals surface area contributed by atoms with Crippen molar-refractivity contribution in [3.8, 4) is 0 Å². The van der Waals surface area contributed by atoms with Crippen LogP contribution in [0.5, 0.6) is 0 Å². The zero-order valence-electron chi connectivity index (χ0n) is 13.5. The monoisotopic (exact) mass is 329 g/mol. The highest BCUT2D eigenvalue weighted by Crippen LogP contribution is 2.15. The highest BCUT2D eigenvalue weighted by Gasteiger charge is 2.24. The lowest BCUT2D eigenvalue weighted by Gasteiger charge is -2.16. The molecule has 2 heterocycles. The van der Waals surface area contributed by atoms with E-state index in [0.29, 0.717) is 5.69 Å². The van der Waals surface area contributed by atoms with Crippen LogP contribution in [0.15, 0.2) is 35.7 Å². The standard InChI is InChI=1S/C18H23N3OS/c1-2-6-17-20-16(13-23-17)18(22)19-15-9-10-21(12-15)11-14-7-4-3-5-8-14/h3-5,7-8,13,15H,2,6,9-12H2,1H3,(H,19,22)/t15-/m0/s1. The molecule has 0 spiro atoms. The van der Waals surface area contributed by atoms with Gasteiger partial charge in [-0.1, -0.05) is 37.3 Å². The summed E-state index contributed by atoms with van der Waals surface area (Å²) in [6.45, 7) is 5.01. The van der Waals surface area contributed by atoms with Crippen molar-refractivity contribution in [3.63, 3.8) is 0 Å². The predicted octanol–water partition coefficient (Wildman–Crippen LogP) is 3.10. The Morgan fingerprint density at radius 2 is 2.22 bits per heavy atom.